The first-order valence-electron chi connectivity index (χ1n) is 9.24. The first kappa shape index (κ1) is 22.5. The lowest BCUT2D eigenvalue weighted by Gasteiger charge is -2.40. The Morgan fingerprint density at radius 2 is 1.79 bits per heavy atom. The van der Waals surface area contributed by atoms with Gasteiger partial charge in [-0.3, -0.25) is 4.72 Å². The van der Waals surface area contributed by atoms with E-state index in [4.69, 9.17) is 16.7 Å². The summed E-state index contributed by atoms with van der Waals surface area (Å²) in [4.78, 5) is 0.0339. The number of hydrogen-bond donors (Lipinski definition) is 2. The van der Waals surface area contributed by atoms with Crippen LogP contribution in [0.15, 0.2) is 47.4 Å². The Morgan fingerprint density at radius 1 is 1.14 bits per heavy atom. The zero-order chi connectivity index (χ0) is 21.1. The molecule has 3 rings (SSSR count). The molecule has 0 amide bonds. The molecule has 1 aliphatic rings. The first-order chi connectivity index (χ1) is 13.8. The monoisotopic (exact) mass is 461 g/mol. The molecule has 0 radical (unpaired) electrons. The Hall–Kier alpha value is -1.19. The summed E-state index contributed by atoms with van der Waals surface area (Å²) in [6.45, 7) is 0.0355. The van der Waals surface area contributed by atoms with Crippen LogP contribution in [-0.4, -0.2) is 31.9 Å². The standard InChI is InChI=1S/C20H22ClF2NO3S2/c21-14-1-4-17(5-2-14)29(26,27)20(18-13-15(22)3-6-19(18)23)9-7-16(8-10-20)24-28-12-11-25/h1-6,13,16,24-25H,7-12H2. The zero-order valence-corrected chi connectivity index (χ0v) is 18.0. The van der Waals surface area contributed by atoms with Gasteiger partial charge in [0.2, 0.25) is 0 Å². The number of sulfone groups is 1. The van der Waals surface area contributed by atoms with Crippen molar-refractivity contribution in [1.29, 1.82) is 0 Å². The van der Waals surface area contributed by atoms with Crippen LogP contribution in [-0.2, 0) is 14.6 Å². The van der Waals surface area contributed by atoms with Gasteiger partial charge in [-0.05, 0) is 68.1 Å². The average Bonchev–Trinajstić information content (AvgIpc) is 2.71. The molecule has 1 aliphatic carbocycles. The summed E-state index contributed by atoms with van der Waals surface area (Å²) in [5.74, 6) is -0.890. The van der Waals surface area contributed by atoms with Crippen LogP contribution in [0, 0.1) is 11.6 Å². The Kier molecular flexibility index (Phi) is 7.22. The lowest BCUT2D eigenvalue weighted by Crippen LogP contribution is -2.44. The number of benzene rings is 2. The maximum Gasteiger partial charge on any atom is 0.188 e. The van der Waals surface area contributed by atoms with Gasteiger partial charge in [0, 0.05) is 22.4 Å². The maximum absolute atomic E-state index is 14.8. The number of hydrogen-bond acceptors (Lipinski definition) is 5. The fourth-order valence-corrected chi connectivity index (χ4v) is 6.76. The molecule has 2 N–H and O–H groups in total. The molecule has 0 spiro atoms. The molecule has 0 heterocycles. The number of nitrogens with one attached hydrogen (secondary N) is 1. The van der Waals surface area contributed by atoms with Gasteiger partial charge in [-0.2, -0.15) is 0 Å². The van der Waals surface area contributed by atoms with Crippen LogP contribution >= 0.6 is 23.5 Å². The molecule has 9 heteroatoms. The lowest BCUT2D eigenvalue weighted by atomic mass is 9.80. The molecule has 1 saturated carbocycles. The van der Waals surface area contributed by atoms with Crippen LogP contribution in [0.5, 0.6) is 0 Å². The van der Waals surface area contributed by atoms with Gasteiger partial charge in [0.05, 0.1) is 11.5 Å². The van der Waals surface area contributed by atoms with Gasteiger partial charge in [-0.25, -0.2) is 17.2 Å². The van der Waals surface area contributed by atoms with Crippen molar-refractivity contribution in [1.82, 2.24) is 4.72 Å². The molecule has 0 atom stereocenters. The smallest absolute Gasteiger partial charge is 0.188 e. The molecule has 4 nitrogen and oxygen atoms in total. The van der Waals surface area contributed by atoms with Crippen LogP contribution < -0.4 is 4.72 Å². The molecule has 0 aromatic heterocycles. The summed E-state index contributed by atoms with van der Waals surface area (Å²) in [5, 5.41) is 9.30. The minimum absolute atomic E-state index is 0.0247. The van der Waals surface area contributed by atoms with E-state index in [1.807, 2.05) is 0 Å². The maximum atomic E-state index is 14.8. The molecule has 0 bridgehead atoms. The quantitative estimate of drug-likeness (QED) is 0.470. The molecule has 2 aromatic carbocycles. The summed E-state index contributed by atoms with van der Waals surface area (Å²) in [6, 6.07) is 8.74. The van der Waals surface area contributed by atoms with Crippen molar-refractivity contribution in [2.45, 2.75) is 41.4 Å². The van der Waals surface area contributed by atoms with Crippen LogP contribution in [0.4, 0.5) is 8.78 Å². The van der Waals surface area contributed by atoms with Crippen molar-refractivity contribution in [3.8, 4) is 0 Å². The first-order valence-corrected chi connectivity index (χ1v) is 12.1. The third-order valence-electron chi connectivity index (χ3n) is 5.29. The highest BCUT2D eigenvalue weighted by molar-refractivity contribution is 7.97. The molecule has 158 valence electrons. The molecular weight excluding hydrogens is 440 g/mol. The largest absolute Gasteiger partial charge is 0.395 e. The van der Waals surface area contributed by atoms with Gasteiger partial charge < -0.3 is 5.11 Å². The highest BCUT2D eigenvalue weighted by atomic mass is 35.5. The minimum atomic E-state index is -4.02. The molecule has 29 heavy (non-hydrogen) atoms. The summed E-state index contributed by atoms with van der Waals surface area (Å²) in [6.07, 6.45) is 1.24. The number of aliphatic hydroxyl groups excluding tert-OH is 1. The number of aliphatic hydroxyl groups is 1. The SMILES string of the molecule is O=S(=O)(c1ccc(Cl)cc1)C1(c2cc(F)ccc2F)CCC(NSCCO)CC1. The molecule has 0 unspecified atom stereocenters. The van der Waals surface area contributed by atoms with E-state index in [0.717, 1.165) is 18.2 Å². The number of rotatable bonds is 7. The topological polar surface area (TPSA) is 66.4 Å². The number of halogens is 3. The molecular formula is C20H22ClF2NO3S2. The Labute approximate surface area is 178 Å². The van der Waals surface area contributed by atoms with E-state index in [9.17, 15) is 17.2 Å². The fourth-order valence-electron chi connectivity index (χ4n) is 3.79. The van der Waals surface area contributed by atoms with Crippen molar-refractivity contribution < 1.29 is 22.3 Å². The molecule has 1 fully saturated rings. The van der Waals surface area contributed by atoms with E-state index in [-0.39, 0.29) is 35.9 Å². The highest BCUT2D eigenvalue weighted by Crippen LogP contribution is 2.48. The Bertz CT molecular complexity index is 947. The van der Waals surface area contributed by atoms with E-state index in [1.54, 1.807) is 0 Å². The van der Waals surface area contributed by atoms with Gasteiger partial charge in [0.25, 0.3) is 0 Å². The lowest BCUT2D eigenvalue weighted by molar-refractivity contribution is 0.319. The van der Waals surface area contributed by atoms with Crippen LogP contribution in [0.1, 0.15) is 31.2 Å². The molecule has 0 aliphatic heterocycles. The summed E-state index contributed by atoms with van der Waals surface area (Å²) >= 11 is 7.26. The fraction of sp³-hybridized carbons (Fsp3) is 0.400. The van der Waals surface area contributed by atoms with Crippen LogP contribution in [0.3, 0.4) is 0 Å². The summed E-state index contributed by atoms with van der Waals surface area (Å²) in [5.41, 5.74) is -0.131. The van der Waals surface area contributed by atoms with E-state index < -0.39 is 26.2 Å². The van der Waals surface area contributed by atoms with Crippen LogP contribution in [0.25, 0.3) is 0 Å². The second kappa shape index (κ2) is 9.31. The predicted molar refractivity (Wildman–Crippen MR) is 112 cm³/mol. The third-order valence-corrected chi connectivity index (χ3v) is 8.98. The summed E-state index contributed by atoms with van der Waals surface area (Å²) < 4.78 is 57.7. The van der Waals surface area contributed by atoms with Crippen LogP contribution in [0.2, 0.25) is 5.02 Å². The van der Waals surface area contributed by atoms with E-state index in [2.05, 4.69) is 4.72 Å². The van der Waals surface area contributed by atoms with Crippen molar-refractivity contribution in [3.05, 3.63) is 64.7 Å². The van der Waals surface area contributed by atoms with Gasteiger partial charge >= 0.3 is 0 Å². The third kappa shape index (κ3) is 4.61. The van der Waals surface area contributed by atoms with E-state index in [0.29, 0.717) is 23.6 Å². The van der Waals surface area contributed by atoms with Crippen molar-refractivity contribution >= 4 is 33.4 Å². The van der Waals surface area contributed by atoms with E-state index in [1.165, 1.54) is 36.2 Å². The Balaban J connectivity index is 2.02. The predicted octanol–water partition coefficient (Wildman–Crippen LogP) is 4.46. The van der Waals surface area contributed by atoms with Crippen molar-refractivity contribution in [2.75, 3.05) is 12.4 Å². The van der Waals surface area contributed by atoms with Gasteiger partial charge in [0.15, 0.2) is 9.84 Å². The molecule has 2 aromatic rings. The van der Waals surface area contributed by atoms with Gasteiger partial charge in [0.1, 0.15) is 16.4 Å². The Morgan fingerprint density at radius 3 is 2.41 bits per heavy atom. The second-order valence-electron chi connectivity index (χ2n) is 7.04. The minimum Gasteiger partial charge on any atom is -0.395 e. The van der Waals surface area contributed by atoms with E-state index >= 15 is 0 Å². The highest BCUT2D eigenvalue weighted by Gasteiger charge is 2.50. The van der Waals surface area contributed by atoms with Gasteiger partial charge in [-0.15, -0.1) is 0 Å². The normalized spacial score (nSPS) is 22.6. The second-order valence-corrected chi connectivity index (χ2v) is 10.7. The van der Waals surface area contributed by atoms with Crippen molar-refractivity contribution in [3.63, 3.8) is 0 Å². The zero-order valence-electron chi connectivity index (χ0n) is 15.6. The average molecular weight is 462 g/mol. The molecule has 0 saturated heterocycles. The van der Waals surface area contributed by atoms with Gasteiger partial charge in [-0.1, -0.05) is 23.5 Å². The summed E-state index contributed by atoms with van der Waals surface area (Å²) in [7, 11) is -4.02. The van der Waals surface area contributed by atoms with Crippen molar-refractivity contribution in [2.24, 2.45) is 0 Å².